The summed E-state index contributed by atoms with van der Waals surface area (Å²) in [5, 5.41) is 0. The second-order valence-electron chi connectivity index (χ2n) is 9.60. The van der Waals surface area contributed by atoms with Crippen molar-refractivity contribution in [1.82, 2.24) is 9.80 Å². The number of amides is 2. The van der Waals surface area contributed by atoms with Crippen molar-refractivity contribution >= 4 is 17.7 Å². The lowest BCUT2D eigenvalue weighted by Gasteiger charge is -2.44. The van der Waals surface area contributed by atoms with Gasteiger partial charge in [0.2, 0.25) is 5.91 Å². The van der Waals surface area contributed by atoms with E-state index in [0.29, 0.717) is 11.7 Å². The van der Waals surface area contributed by atoms with Crippen LogP contribution >= 0.6 is 0 Å². The summed E-state index contributed by atoms with van der Waals surface area (Å²) in [4.78, 5) is 30.6. The molecule has 3 heterocycles. The summed E-state index contributed by atoms with van der Waals surface area (Å²) in [6.45, 7) is 2.27. The van der Waals surface area contributed by atoms with E-state index in [4.69, 9.17) is 9.47 Å². The molecule has 3 aliphatic heterocycles. The van der Waals surface area contributed by atoms with E-state index < -0.39 is 18.1 Å². The quantitative estimate of drug-likeness (QED) is 0.667. The number of ether oxygens (including phenoxy) is 2. The van der Waals surface area contributed by atoms with Crippen molar-refractivity contribution in [3.63, 3.8) is 0 Å². The molecule has 0 bridgehead atoms. The van der Waals surface area contributed by atoms with Crippen LogP contribution in [0.3, 0.4) is 0 Å². The molecule has 0 unspecified atom stereocenters. The zero-order valence-corrected chi connectivity index (χ0v) is 18.8. The van der Waals surface area contributed by atoms with Gasteiger partial charge in [-0.15, -0.1) is 0 Å². The monoisotopic (exact) mass is 463 g/mol. The summed E-state index contributed by atoms with van der Waals surface area (Å²) in [5.41, 5.74) is 0.533. The number of hydrogen-bond donors (Lipinski definition) is 0. The molecule has 1 aliphatic carbocycles. The molecule has 4 fully saturated rings. The first-order chi connectivity index (χ1) is 15.9. The number of carbonyl (C=O) groups excluding carboxylic acids is 2. The third kappa shape index (κ3) is 4.78. The minimum absolute atomic E-state index is 0.0169. The van der Waals surface area contributed by atoms with Gasteiger partial charge in [-0.25, -0.2) is 13.6 Å². The minimum atomic E-state index is -2.73. The fraction of sp³-hybridized carbons (Fsp3) is 0.667. The third-order valence-electron chi connectivity index (χ3n) is 7.36. The molecule has 0 radical (unpaired) electrons. The highest BCUT2D eigenvalue weighted by molar-refractivity contribution is 6.00. The normalized spacial score (nSPS) is 30.0. The topological polar surface area (TPSA) is 62.3 Å². The van der Waals surface area contributed by atoms with Crippen molar-refractivity contribution in [3.05, 3.63) is 24.3 Å². The summed E-state index contributed by atoms with van der Waals surface area (Å²) in [5.74, 6) is -2.35. The summed E-state index contributed by atoms with van der Waals surface area (Å²) in [7, 11) is 0. The van der Waals surface area contributed by atoms with Crippen LogP contribution in [0.2, 0.25) is 0 Å². The Morgan fingerprint density at radius 3 is 2.33 bits per heavy atom. The molecule has 1 aromatic carbocycles. The fourth-order valence-electron chi connectivity index (χ4n) is 5.25. The molecule has 33 heavy (non-hydrogen) atoms. The van der Waals surface area contributed by atoms with Crippen LogP contribution in [0.5, 0.6) is 5.75 Å². The number of anilines is 1. The Balaban J connectivity index is 1.17. The predicted molar refractivity (Wildman–Crippen MR) is 118 cm³/mol. The molecule has 0 spiro atoms. The van der Waals surface area contributed by atoms with Gasteiger partial charge >= 0.3 is 6.09 Å². The Morgan fingerprint density at radius 2 is 1.67 bits per heavy atom. The van der Waals surface area contributed by atoms with Crippen LogP contribution in [0.25, 0.3) is 0 Å². The minimum Gasteiger partial charge on any atom is -0.490 e. The molecule has 2 amide bonds. The van der Waals surface area contributed by atoms with E-state index in [1.807, 2.05) is 0 Å². The Morgan fingerprint density at radius 1 is 1.00 bits per heavy atom. The summed E-state index contributed by atoms with van der Waals surface area (Å²) >= 11 is 0. The lowest BCUT2D eigenvalue weighted by Crippen LogP contribution is -2.51. The van der Waals surface area contributed by atoms with Crippen molar-refractivity contribution in [1.29, 1.82) is 0 Å². The van der Waals surface area contributed by atoms with E-state index >= 15 is 0 Å². The maximum atomic E-state index is 13.5. The first-order valence-electron chi connectivity index (χ1n) is 12.0. The summed E-state index contributed by atoms with van der Waals surface area (Å²) in [6, 6.07) is 6.88. The Labute approximate surface area is 192 Å². The molecule has 1 saturated carbocycles. The highest BCUT2D eigenvalue weighted by atomic mass is 19.3. The number of benzene rings is 1. The average molecular weight is 464 g/mol. The Kier molecular flexibility index (Phi) is 6.16. The third-order valence-corrected chi connectivity index (χ3v) is 7.36. The van der Waals surface area contributed by atoms with Crippen LogP contribution in [-0.4, -0.2) is 78.7 Å². The molecule has 0 aromatic heterocycles. The van der Waals surface area contributed by atoms with Crippen molar-refractivity contribution in [3.8, 4) is 5.75 Å². The summed E-state index contributed by atoms with van der Waals surface area (Å²) < 4.78 is 38.1. The predicted octanol–water partition coefficient (Wildman–Crippen LogP) is 3.67. The van der Waals surface area contributed by atoms with Crippen LogP contribution < -0.4 is 9.64 Å². The van der Waals surface area contributed by atoms with Crippen molar-refractivity contribution in [2.24, 2.45) is 0 Å². The lowest BCUT2D eigenvalue weighted by molar-refractivity contribution is -0.138. The fourth-order valence-corrected chi connectivity index (χ4v) is 5.25. The highest BCUT2D eigenvalue weighted by Crippen LogP contribution is 2.34. The highest BCUT2D eigenvalue weighted by Gasteiger charge is 2.44. The number of cyclic esters (lactones) is 1. The van der Waals surface area contributed by atoms with Gasteiger partial charge in [0.15, 0.2) is 6.04 Å². The number of halogens is 2. The second kappa shape index (κ2) is 9.08. The number of hydrogen-bond acceptors (Lipinski definition) is 5. The molecule has 180 valence electrons. The number of nitrogens with zero attached hydrogens (tertiary/aromatic N) is 3. The SMILES string of the molecule is O=C([C@@H]1COC(=O)N1c1ccc(OC2CC(N3CCCCC3)C2)cc1)N1CCC(F)(F)CC1. The molecule has 5 rings (SSSR count). The van der Waals surface area contributed by atoms with E-state index in [0.717, 1.165) is 18.6 Å². The van der Waals surface area contributed by atoms with Crippen LogP contribution in [0, 0.1) is 0 Å². The number of alkyl halides is 2. The van der Waals surface area contributed by atoms with Gasteiger partial charge < -0.3 is 19.3 Å². The van der Waals surface area contributed by atoms with Gasteiger partial charge in [0.25, 0.3) is 5.92 Å². The van der Waals surface area contributed by atoms with Gasteiger partial charge in [-0.1, -0.05) is 6.42 Å². The molecule has 7 nitrogen and oxygen atoms in total. The smallest absolute Gasteiger partial charge is 0.415 e. The molecule has 0 N–H and O–H groups in total. The van der Waals surface area contributed by atoms with Crippen LogP contribution in [0.4, 0.5) is 19.3 Å². The van der Waals surface area contributed by atoms with Crippen molar-refractivity contribution < 1.29 is 27.8 Å². The molecular weight excluding hydrogens is 432 g/mol. The van der Waals surface area contributed by atoms with Gasteiger partial charge in [-0.2, -0.15) is 0 Å². The lowest BCUT2D eigenvalue weighted by atomic mass is 9.86. The molecule has 3 saturated heterocycles. The van der Waals surface area contributed by atoms with E-state index in [9.17, 15) is 18.4 Å². The number of likely N-dealkylation sites (tertiary alicyclic amines) is 2. The number of piperidine rings is 2. The molecule has 4 aliphatic rings. The van der Waals surface area contributed by atoms with Gasteiger partial charge in [0.05, 0.1) is 0 Å². The zero-order chi connectivity index (χ0) is 23.0. The van der Waals surface area contributed by atoms with Crippen LogP contribution in [0.1, 0.15) is 44.9 Å². The van der Waals surface area contributed by atoms with E-state index in [2.05, 4.69) is 4.90 Å². The maximum Gasteiger partial charge on any atom is 0.415 e. The summed E-state index contributed by atoms with van der Waals surface area (Å²) in [6.07, 6.45) is 4.86. The van der Waals surface area contributed by atoms with Crippen LogP contribution in [0.15, 0.2) is 24.3 Å². The van der Waals surface area contributed by atoms with Gasteiger partial charge in [0, 0.05) is 50.5 Å². The Bertz CT molecular complexity index is 859. The molecular formula is C24H31F2N3O4. The van der Waals surface area contributed by atoms with Crippen molar-refractivity contribution in [2.75, 3.05) is 37.7 Å². The van der Waals surface area contributed by atoms with Gasteiger partial charge in [-0.05, 0) is 50.2 Å². The second-order valence-corrected chi connectivity index (χ2v) is 9.60. The van der Waals surface area contributed by atoms with E-state index in [-0.39, 0.29) is 44.5 Å². The largest absolute Gasteiger partial charge is 0.490 e. The number of rotatable bonds is 5. The van der Waals surface area contributed by atoms with Crippen molar-refractivity contribution in [2.45, 2.75) is 69.1 Å². The Hall–Kier alpha value is -2.42. The molecule has 9 heteroatoms. The average Bonchev–Trinajstić information content (AvgIpc) is 3.18. The molecule has 1 aromatic rings. The van der Waals surface area contributed by atoms with E-state index in [1.54, 1.807) is 24.3 Å². The number of carbonyl (C=O) groups is 2. The van der Waals surface area contributed by atoms with E-state index in [1.165, 1.54) is 42.2 Å². The van der Waals surface area contributed by atoms with Gasteiger partial charge in [-0.3, -0.25) is 9.69 Å². The van der Waals surface area contributed by atoms with Gasteiger partial charge in [0.1, 0.15) is 18.5 Å². The first kappa shape index (κ1) is 22.4. The first-order valence-corrected chi connectivity index (χ1v) is 12.0. The zero-order valence-electron chi connectivity index (χ0n) is 18.8. The standard InChI is InChI=1S/C24H31F2N3O4/c25-24(26)8-12-28(13-9-24)22(30)21-16-32-23(31)29(21)17-4-6-19(7-5-17)33-20-14-18(15-20)27-10-2-1-3-11-27/h4-7,18,20-21H,1-3,8-16H2/t18?,20?,21-/m0/s1. The molecule has 1 atom stereocenters. The maximum absolute atomic E-state index is 13.5. The van der Waals surface area contributed by atoms with Crippen LogP contribution in [-0.2, 0) is 9.53 Å².